The zero-order chi connectivity index (χ0) is 15.5. The van der Waals surface area contributed by atoms with Gasteiger partial charge in [0.2, 0.25) is 0 Å². The Bertz CT molecular complexity index is 513. The van der Waals surface area contributed by atoms with Crippen LogP contribution in [0.3, 0.4) is 0 Å². The van der Waals surface area contributed by atoms with E-state index in [1.807, 2.05) is 31.2 Å². The van der Waals surface area contributed by atoms with E-state index < -0.39 is 11.4 Å². The Labute approximate surface area is 126 Å². The summed E-state index contributed by atoms with van der Waals surface area (Å²) in [5, 5.41) is 11.4. The zero-order valence-electron chi connectivity index (χ0n) is 13.0. The lowest BCUT2D eigenvalue weighted by Crippen LogP contribution is -2.48. The van der Waals surface area contributed by atoms with Crippen molar-refractivity contribution in [3.05, 3.63) is 29.8 Å². The molecule has 1 saturated heterocycles. The lowest BCUT2D eigenvalue weighted by molar-refractivity contribution is -0.308. The molecule has 0 spiro atoms. The van der Waals surface area contributed by atoms with E-state index in [1.165, 1.54) is 0 Å². The van der Waals surface area contributed by atoms with E-state index in [2.05, 4.69) is 6.92 Å². The molecule has 0 aromatic heterocycles. The quantitative estimate of drug-likeness (QED) is 0.833. The van der Waals surface area contributed by atoms with Gasteiger partial charge in [0.05, 0.1) is 12.7 Å². The summed E-state index contributed by atoms with van der Waals surface area (Å²) >= 11 is 0. The third-order valence-corrected chi connectivity index (χ3v) is 4.65. The predicted octanol–water partition coefficient (Wildman–Crippen LogP) is 2.05. The average Bonchev–Trinajstić information content (AvgIpc) is 2.46. The van der Waals surface area contributed by atoms with Gasteiger partial charge in [-0.15, -0.1) is 0 Å². The van der Waals surface area contributed by atoms with Gasteiger partial charge in [0.1, 0.15) is 5.75 Å². The first-order valence-electron chi connectivity index (χ1n) is 7.42. The molecule has 0 amide bonds. The van der Waals surface area contributed by atoms with Crippen LogP contribution in [-0.2, 0) is 14.9 Å². The van der Waals surface area contributed by atoms with Gasteiger partial charge < -0.3 is 19.4 Å². The molecular formula is C17H23O4-. The molecule has 2 atom stereocenters. The predicted molar refractivity (Wildman–Crippen MR) is 78.2 cm³/mol. The van der Waals surface area contributed by atoms with Gasteiger partial charge in [0, 0.05) is 23.6 Å². The largest absolute Gasteiger partial charge is 0.550 e. The average molecular weight is 291 g/mol. The molecule has 1 aliphatic heterocycles. The number of aliphatic carboxylic acids is 1. The molecule has 0 bridgehead atoms. The summed E-state index contributed by atoms with van der Waals surface area (Å²) in [5.41, 5.74) is 0.142. The fourth-order valence-corrected chi connectivity index (χ4v) is 3.41. The van der Waals surface area contributed by atoms with Crippen LogP contribution in [0.5, 0.6) is 5.75 Å². The number of carboxylic acid groups (broad SMARTS) is 1. The van der Waals surface area contributed by atoms with Crippen molar-refractivity contribution in [1.29, 1.82) is 0 Å². The van der Waals surface area contributed by atoms with Crippen molar-refractivity contribution in [3.63, 3.8) is 0 Å². The molecule has 1 fully saturated rings. The summed E-state index contributed by atoms with van der Waals surface area (Å²) in [6, 6.07) is 7.66. The van der Waals surface area contributed by atoms with Crippen LogP contribution in [0.2, 0.25) is 0 Å². The lowest BCUT2D eigenvalue weighted by Gasteiger charge is -2.47. The van der Waals surface area contributed by atoms with Crippen molar-refractivity contribution >= 4 is 5.97 Å². The highest BCUT2D eigenvalue weighted by atomic mass is 16.5. The second-order valence-electron chi connectivity index (χ2n) is 6.11. The summed E-state index contributed by atoms with van der Waals surface area (Å²) in [7, 11) is 1.61. The number of hydrogen-bond donors (Lipinski definition) is 0. The molecular weight excluding hydrogens is 268 g/mol. The Hall–Kier alpha value is -1.55. The third kappa shape index (κ3) is 3.21. The van der Waals surface area contributed by atoms with Crippen LogP contribution in [0.25, 0.3) is 0 Å². The molecule has 2 rings (SSSR count). The van der Waals surface area contributed by atoms with Crippen molar-refractivity contribution in [2.45, 2.75) is 50.5 Å². The Morgan fingerprint density at radius 3 is 2.76 bits per heavy atom. The van der Waals surface area contributed by atoms with E-state index in [9.17, 15) is 9.90 Å². The molecule has 1 aromatic carbocycles. The summed E-state index contributed by atoms with van der Waals surface area (Å²) < 4.78 is 11.3. The van der Waals surface area contributed by atoms with Gasteiger partial charge in [0.15, 0.2) is 0 Å². The Balaban J connectivity index is 2.49. The van der Waals surface area contributed by atoms with Crippen LogP contribution in [0.15, 0.2) is 24.3 Å². The number of ether oxygens (including phenoxy) is 2. The fourth-order valence-electron chi connectivity index (χ4n) is 3.41. The van der Waals surface area contributed by atoms with Crippen molar-refractivity contribution in [3.8, 4) is 5.75 Å². The number of para-hydroxylation sites is 1. The Morgan fingerprint density at radius 1 is 1.43 bits per heavy atom. The molecule has 1 heterocycles. The first-order chi connectivity index (χ1) is 9.95. The van der Waals surface area contributed by atoms with Gasteiger partial charge >= 0.3 is 0 Å². The van der Waals surface area contributed by atoms with Crippen LogP contribution in [0.1, 0.15) is 45.1 Å². The van der Waals surface area contributed by atoms with E-state index in [0.717, 1.165) is 17.7 Å². The number of hydrogen-bond acceptors (Lipinski definition) is 4. The summed E-state index contributed by atoms with van der Waals surface area (Å²) in [5.74, 6) is -0.291. The monoisotopic (exact) mass is 291 g/mol. The standard InChI is InChI=1S/C17H24O4/c1-4-16(2)12-17(9-10-21-16,11-15(18)19)13-7-5-6-8-14(13)20-3/h5-8H,4,9-12H2,1-3H3,(H,18,19)/p-1/t16-,17-/m1/s1. The molecule has 0 radical (unpaired) electrons. The second kappa shape index (κ2) is 6.06. The van der Waals surface area contributed by atoms with E-state index >= 15 is 0 Å². The lowest BCUT2D eigenvalue weighted by atomic mass is 9.66. The van der Waals surface area contributed by atoms with Gasteiger partial charge in [0.25, 0.3) is 0 Å². The van der Waals surface area contributed by atoms with Crippen molar-refractivity contribution in [1.82, 2.24) is 0 Å². The molecule has 0 saturated carbocycles. The van der Waals surface area contributed by atoms with Crippen LogP contribution in [0, 0.1) is 0 Å². The molecule has 0 aliphatic carbocycles. The molecule has 0 N–H and O–H groups in total. The molecule has 1 aromatic rings. The number of benzene rings is 1. The van der Waals surface area contributed by atoms with Crippen LogP contribution in [-0.4, -0.2) is 25.3 Å². The number of carboxylic acids is 1. The molecule has 21 heavy (non-hydrogen) atoms. The molecule has 4 heteroatoms. The van der Waals surface area contributed by atoms with Crippen LogP contribution in [0.4, 0.5) is 0 Å². The SMILES string of the molecule is CC[C@]1(C)C[C@@](CC(=O)[O-])(c2ccccc2OC)CCO1. The smallest absolute Gasteiger partial charge is 0.122 e. The molecule has 1 aliphatic rings. The number of carbonyl (C=O) groups is 1. The number of carbonyl (C=O) groups excluding carboxylic acids is 1. The van der Waals surface area contributed by atoms with Crippen LogP contribution < -0.4 is 9.84 Å². The summed E-state index contributed by atoms with van der Waals surface area (Å²) in [6.07, 6.45) is 2.16. The van der Waals surface area contributed by atoms with Crippen molar-refractivity contribution in [2.24, 2.45) is 0 Å². The first kappa shape index (κ1) is 15.8. The maximum atomic E-state index is 11.4. The normalized spacial score (nSPS) is 29.1. The highest BCUT2D eigenvalue weighted by Crippen LogP contribution is 2.47. The second-order valence-corrected chi connectivity index (χ2v) is 6.11. The first-order valence-corrected chi connectivity index (χ1v) is 7.42. The fraction of sp³-hybridized carbons (Fsp3) is 0.588. The number of methoxy groups -OCH3 is 1. The highest BCUT2D eigenvalue weighted by molar-refractivity contribution is 5.67. The van der Waals surface area contributed by atoms with E-state index in [1.54, 1.807) is 7.11 Å². The molecule has 0 unspecified atom stereocenters. The summed E-state index contributed by atoms with van der Waals surface area (Å²) in [6.45, 7) is 4.67. The third-order valence-electron chi connectivity index (χ3n) is 4.65. The van der Waals surface area contributed by atoms with Crippen LogP contribution >= 0.6 is 0 Å². The Kier molecular flexibility index (Phi) is 4.57. The van der Waals surface area contributed by atoms with Gasteiger partial charge in [-0.05, 0) is 38.7 Å². The minimum atomic E-state index is -1.03. The minimum Gasteiger partial charge on any atom is -0.550 e. The van der Waals surface area contributed by atoms with Crippen molar-refractivity contribution in [2.75, 3.05) is 13.7 Å². The van der Waals surface area contributed by atoms with E-state index in [0.29, 0.717) is 19.4 Å². The topological polar surface area (TPSA) is 58.6 Å². The van der Waals surface area contributed by atoms with E-state index in [-0.39, 0.29) is 12.0 Å². The maximum Gasteiger partial charge on any atom is 0.122 e. The molecule has 4 nitrogen and oxygen atoms in total. The van der Waals surface area contributed by atoms with E-state index in [4.69, 9.17) is 9.47 Å². The highest BCUT2D eigenvalue weighted by Gasteiger charge is 2.44. The van der Waals surface area contributed by atoms with Crippen molar-refractivity contribution < 1.29 is 19.4 Å². The Morgan fingerprint density at radius 2 is 2.14 bits per heavy atom. The zero-order valence-corrected chi connectivity index (χ0v) is 13.0. The van der Waals surface area contributed by atoms with Gasteiger partial charge in [-0.25, -0.2) is 0 Å². The minimum absolute atomic E-state index is 0.00762. The molecule has 116 valence electrons. The van der Waals surface area contributed by atoms with Gasteiger partial charge in [-0.3, -0.25) is 0 Å². The van der Waals surface area contributed by atoms with Gasteiger partial charge in [-0.1, -0.05) is 25.1 Å². The maximum absolute atomic E-state index is 11.4. The van der Waals surface area contributed by atoms with Gasteiger partial charge in [-0.2, -0.15) is 0 Å². The number of rotatable bonds is 5. The summed E-state index contributed by atoms with van der Waals surface area (Å²) in [4.78, 5) is 11.4.